The van der Waals surface area contributed by atoms with Gasteiger partial charge in [-0.05, 0) is 25.1 Å². The average Bonchev–Trinajstić information content (AvgIpc) is 2.81. The normalized spacial score (nSPS) is 10.8. The summed E-state index contributed by atoms with van der Waals surface area (Å²) in [5.74, 6) is -0.610. The van der Waals surface area contributed by atoms with Crippen molar-refractivity contribution in [2.24, 2.45) is 7.05 Å². The minimum absolute atomic E-state index is 0.0765. The van der Waals surface area contributed by atoms with Crippen molar-refractivity contribution in [1.29, 1.82) is 0 Å². The Morgan fingerprint density at radius 1 is 1.38 bits per heavy atom. The summed E-state index contributed by atoms with van der Waals surface area (Å²) >= 11 is 5.76. The Kier molecular flexibility index (Phi) is 3.90. The first kappa shape index (κ1) is 15.9. The number of nitrogens with one attached hydrogen (secondary N) is 1. The number of hydrogen-bond donors (Lipinski definition) is 1. The number of carbonyl (C=O) groups excluding carboxylic acids is 1. The van der Waals surface area contributed by atoms with Crippen molar-refractivity contribution in [1.82, 2.24) is 14.8 Å². The first-order chi connectivity index (χ1) is 11.4. The molecule has 0 radical (unpaired) electrons. The molecule has 0 fully saturated rings. The molecule has 0 spiro atoms. The Balaban J connectivity index is 1.96. The van der Waals surface area contributed by atoms with E-state index in [0.717, 1.165) is 17.1 Å². The summed E-state index contributed by atoms with van der Waals surface area (Å²) in [6.07, 6.45) is 1.48. The number of aromatic nitrogens is 3. The number of amides is 1. The van der Waals surface area contributed by atoms with Crippen molar-refractivity contribution in [3.8, 4) is 0 Å². The lowest BCUT2D eigenvalue weighted by Crippen LogP contribution is -2.14. The van der Waals surface area contributed by atoms with Crippen LogP contribution < -0.4 is 5.32 Å². The molecule has 2 heterocycles. The zero-order valence-corrected chi connectivity index (χ0v) is 13.5. The van der Waals surface area contributed by atoms with Crippen LogP contribution in [0.3, 0.4) is 0 Å². The van der Waals surface area contributed by atoms with E-state index in [-0.39, 0.29) is 16.3 Å². The van der Waals surface area contributed by atoms with E-state index < -0.39 is 10.8 Å². The van der Waals surface area contributed by atoms with E-state index in [2.05, 4.69) is 15.4 Å². The van der Waals surface area contributed by atoms with E-state index in [9.17, 15) is 14.9 Å². The number of fused-ring (bicyclic) bond motifs is 1. The molecule has 0 aliphatic heterocycles. The molecule has 1 aromatic carbocycles. The lowest BCUT2D eigenvalue weighted by atomic mass is 10.1. The van der Waals surface area contributed by atoms with E-state index in [1.54, 1.807) is 17.8 Å². The SMILES string of the molecule is Cc1nn(C)c2ncc(NC(=O)c3ccc(Cl)cc3[N+](=O)[O-])cc12. The molecule has 2 aromatic heterocycles. The molecule has 0 aliphatic rings. The van der Waals surface area contributed by atoms with Crippen molar-refractivity contribution in [3.63, 3.8) is 0 Å². The van der Waals surface area contributed by atoms with Gasteiger partial charge in [0.25, 0.3) is 11.6 Å². The first-order valence-corrected chi connectivity index (χ1v) is 7.29. The van der Waals surface area contributed by atoms with Gasteiger partial charge in [-0.25, -0.2) is 4.98 Å². The maximum Gasteiger partial charge on any atom is 0.283 e. The van der Waals surface area contributed by atoms with Gasteiger partial charge in [0.2, 0.25) is 0 Å². The highest BCUT2D eigenvalue weighted by molar-refractivity contribution is 6.31. The number of halogens is 1. The number of rotatable bonds is 3. The fraction of sp³-hybridized carbons (Fsp3) is 0.133. The molecule has 24 heavy (non-hydrogen) atoms. The maximum atomic E-state index is 12.4. The Morgan fingerprint density at radius 2 is 2.12 bits per heavy atom. The molecule has 0 unspecified atom stereocenters. The minimum Gasteiger partial charge on any atom is -0.320 e. The van der Waals surface area contributed by atoms with E-state index in [1.807, 2.05) is 6.92 Å². The van der Waals surface area contributed by atoms with Crippen molar-refractivity contribution in [2.75, 3.05) is 5.32 Å². The summed E-state index contributed by atoms with van der Waals surface area (Å²) < 4.78 is 1.64. The monoisotopic (exact) mass is 345 g/mol. The van der Waals surface area contributed by atoms with E-state index in [4.69, 9.17) is 11.6 Å². The maximum absolute atomic E-state index is 12.4. The number of nitrogens with zero attached hydrogens (tertiary/aromatic N) is 4. The third-order valence-electron chi connectivity index (χ3n) is 3.52. The second-order valence-electron chi connectivity index (χ2n) is 5.18. The quantitative estimate of drug-likeness (QED) is 0.580. The number of nitro groups is 1. The molecule has 3 aromatic rings. The summed E-state index contributed by atoms with van der Waals surface area (Å²) in [5, 5.41) is 18.9. The van der Waals surface area contributed by atoms with Gasteiger partial charge in [0.05, 0.1) is 22.5 Å². The van der Waals surface area contributed by atoms with Gasteiger partial charge in [-0.1, -0.05) is 11.6 Å². The number of anilines is 1. The van der Waals surface area contributed by atoms with Gasteiger partial charge in [0.1, 0.15) is 5.56 Å². The van der Waals surface area contributed by atoms with Crippen LogP contribution in [0.5, 0.6) is 0 Å². The standard InChI is InChI=1S/C15H12ClN5O3/c1-8-12-6-10(7-17-14(12)20(2)19-8)18-15(22)11-4-3-9(16)5-13(11)21(23)24/h3-7H,1-2H3,(H,18,22). The van der Waals surface area contributed by atoms with Crippen molar-refractivity contribution >= 4 is 39.9 Å². The molecule has 0 bridgehead atoms. The van der Waals surface area contributed by atoms with Crippen LogP contribution in [0.1, 0.15) is 16.1 Å². The van der Waals surface area contributed by atoms with Gasteiger partial charge in [0, 0.05) is 23.5 Å². The molecule has 0 saturated carbocycles. The zero-order chi connectivity index (χ0) is 17.4. The smallest absolute Gasteiger partial charge is 0.283 e. The van der Waals surface area contributed by atoms with Crippen LogP contribution in [0.15, 0.2) is 30.5 Å². The Labute approximate surface area is 141 Å². The third-order valence-corrected chi connectivity index (χ3v) is 3.76. The fourth-order valence-electron chi connectivity index (χ4n) is 2.42. The van der Waals surface area contributed by atoms with Gasteiger partial charge in [0.15, 0.2) is 5.65 Å². The first-order valence-electron chi connectivity index (χ1n) is 6.91. The highest BCUT2D eigenvalue weighted by Crippen LogP contribution is 2.25. The van der Waals surface area contributed by atoms with Gasteiger partial charge in [-0.2, -0.15) is 5.10 Å². The minimum atomic E-state index is -0.645. The lowest BCUT2D eigenvalue weighted by molar-refractivity contribution is -0.385. The molecule has 0 atom stereocenters. The van der Waals surface area contributed by atoms with Crippen LogP contribution in [0.4, 0.5) is 11.4 Å². The molecule has 122 valence electrons. The number of carbonyl (C=O) groups is 1. The number of benzene rings is 1. The van der Waals surface area contributed by atoms with Gasteiger partial charge < -0.3 is 5.32 Å². The second kappa shape index (κ2) is 5.89. The zero-order valence-electron chi connectivity index (χ0n) is 12.8. The average molecular weight is 346 g/mol. The van der Waals surface area contributed by atoms with Crippen LogP contribution in [0, 0.1) is 17.0 Å². The number of aryl methyl sites for hydroxylation is 2. The fourth-order valence-corrected chi connectivity index (χ4v) is 2.59. The van der Waals surface area contributed by atoms with Crippen LogP contribution in [0.2, 0.25) is 5.02 Å². The Morgan fingerprint density at radius 3 is 2.83 bits per heavy atom. The summed E-state index contributed by atoms with van der Waals surface area (Å²) in [6, 6.07) is 5.61. The summed E-state index contributed by atoms with van der Waals surface area (Å²) in [7, 11) is 1.78. The summed E-state index contributed by atoms with van der Waals surface area (Å²) in [4.78, 5) is 27.1. The van der Waals surface area contributed by atoms with Crippen molar-refractivity contribution in [3.05, 3.63) is 56.9 Å². The molecule has 1 N–H and O–H groups in total. The van der Waals surface area contributed by atoms with E-state index >= 15 is 0 Å². The lowest BCUT2D eigenvalue weighted by Gasteiger charge is -2.06. The molecular formula is C15H12ClN5O3. The van der Waals surface area contributed by atoms with Gasteiger partial charge in [-0.3, -0.25) is 19.6 Å². The van der Waals surface area contributed by atoms with Crippen LogP contribution >= 0.6 is 11.6 Å². The number of nitro benzene ring substituents is 1. The second-order valence-corrected chi connectivity index (χ2v) is 5.61. The Bertz CT molecular complexity index is 983. The molecule has 0 saturated heterocycles. The number of pyridine rings is 1. The van der Waals surface area contributed by atoms with Crippen molar-refractivity contribution in [2.45, 2.75) is 6.92 Å². The molecular weight excluding hydrogens is 334 g/mol. The molecule has 1 amide bonds. The highest BCUT2D eigenvalue weighted by atomic mass is 35.5. The molecule has 0 aliphatic carbocycles. The van der Waals surface area contributed by atoms with Crippen LogP contribution in [-0.2, 0) is 7.05 Å². The summed E-state index contributed by atoms with van der Waals surface area (Å²) in [6.45, 7) is 1.83. The van der Waals surface area contributed by atoms with Crippen LogP contribution in [-0.4, -0.2) is 25.6 Å². The topological polar surface area (TPSA) is 103 Å². The predicted octanol–water partition coefficient (Wildman–Crippen LogP) is 3.09. The third kappa shape index (κ3) is 2.79. The summed E-state index contributed by atoms with van der Waals surface area (Å²) in [5.41, 5.74) is 1.45. The molecule has 8 nitrogen and oxygen atoms in total. The van der Waals surface area contributed by atoms with Crippen molar-refractivity contribution < 1.29 is 9.72 Å². The van der Waals surface area contributed by atoms with E-state index in [0.29, 0.717) is 11.3 Å². The largest absolute Gasteiger partial charge is 0.320 e. The molecule has 9 heteroatoms. The number of hydrogen-bond acceptors (Lipinski definition) is 5. The van der Waals surface area contributed by atoms with Crippen LogP contribution in [0.25, 0.3) is 11.0 Å². The van der Waals surface area contributed by atoms with Gasteiger partial charge in [-0.15, -0.1) is 0 Å². The van der Waals surface area contributed by atoms with E-state index in [1.165, 1.54) is 18.3 Å². The highest BCUT2D eigenvalue weighted by Gasteiger charge is 2.21. The Hall–Kier alpha value is -3.00. The molecule has 3 rings (SSSR count). The van der Waals surface area contributed by atoms with Gasteiger partial charge >= 0.3 is 0 Å². The predicted molar refractivity (Wildman–Crippen MR) is 89.3 cm³/mol.